The Balaban J connectivity index is 1.76. The van der Waals surface area contributed by atoms with Crippen LogP contribution in [0.15, 0.2) is 48.5 Å². The molecule has 0 radical (unpaired) electrons. The molecule has 0 heterocycles. The van der Waals surface area contributed by atoms with Crippen molar-refractivity contribution in [2.75, 3.05) is 25.5 Å². The molecule has 0 aliphatic rings. The van der Waals surface area contributed by atoms with Gasteiger partial charge in [-0.25, -0.2) is 0 Å². The molecule has 0 saturated carbocycles. The fourth-order valence-corrected chi connectivity index (χ4v) is 2.30. The molecule has 0 aliphatic carbocycles. The summed E-state index contributed by atoms with van der Waals surface area (Å²) in [6.45, 7) is 2.70. The highest BCUT2D eigenvalue weighted by molar-refractivity contribution is 6.33. The second kappa shape index (κ2) is 7.53. The van der Waals surface area contributed by atoms with Gasteiger partial charge in [0.25, 0.3) is 0 Å². The molecule has 2 rings (SSSR count). The van der Waals surface area contributed by atoms with Crippen LogP contribution in [0.3, 0.4) is 0 Å². The van der Waals surface area contributed by atoms with E-state index in [1.165, 1.54) is 5.56 Å². The zero-order valence-corrected chi connectivity index (χ0v) is 13.0. The topological polar surface area (TPSA) is 15.3 Å². The van der Waals surface area contributed by atoms with E-state index >= 15 is 0 Å². The lowest BCUT2D eigenvalue weighted by atomic mass is 10.2. The lowest BCUT2D eigenvalue weighted by Crippen LogP contribution is -2.24. The van der Waals surface area contributed by atoms with Crippen LogP contribution in [-0.4, -0.2) is 25.0 Å². The van der Waals surface area contributed by atoms with Crippen LogP contribution in [0.2, 0.25) is 10.0 Å². The molecule has 4 heteroatoms. The summed E-state index contributed by atoms with van der Waals surface area (Å²) < 4.78 is 0. The summed E-state index contributed by atoms with van der Waals surface area (Å²) in [5, 5.41) is 4.88. The Labute approximate surface area is 130 Å². The molecule has 0 aliphatic heterocycles. The molecule has 0 saturated heterocycles. The number of nitrogens with zero attached hydrogens (tertiary/aromatic N) is 1. The lowest BCUT2D eigenvalue weighted by molar-refractivity contribution is 0.340. The minimum Gasteiger partial charge on any atom is -0.383 e. The third-order valence-corrected chi connectivity index (χ3v) is 3.63. The van der Waals surface area contributed by atoms with E-state index in [2.05, 4.69) is 29.4 Å². The molecule has 106 valence electrons. The second-order valence-electron chi connectivity index (χ2n) is 4.77. The highest BCUT2D eigenvalue weighted by Gasteiger charge is 2.02. The van der Waals surface area contributed by atoms with Crippen LogP contribution in [0.1, 0.15) is 5.56 Å². The van der Waals surface area contributed by atoms with Gasteiger partial charge in [-0.15, -0.1) is 0 Å². The first-order valence-corrected chi connectivity index (χ1v) is 7.32. The molecule has 1 N–H and O–H groups in total. The minimum absolute atomic E-state index is 0.757. The smallest absolute Gasteiger partial charge is 0.0637 e. The van der Waals surface area contributed by atoms with Crippen molar-refractivity contribution in [3.05, 3.63) is 64.1 Å². The van der Waals surface area contributed by atoms with Crippen molar-refractivity contribution < 1.29 is 0 Å². The van der Waals surface area contributed by atoms with E-state index in [4.69, 9.17) is 23.2 Å². The van der Waals surface area contributed by atoms with Crippen molar-refractivity contribution in [1.29, 1.82) is 0 Å². The second-order valence-corrected chi connectivity index (χ2v) is 5.61. The van der Waals surface area contributed by atoms with Gasteiger partial charge in [0.1, 0.15) is 0 Å². The molecule has 2 aromatic rings. The Bertz CT molecular complexity index is 540. The molecule has 0 atom stereocenters. The molecule has 0 unspecified atom stereocenters. The Morgan fingerprint density at radius 2 is 1.70 bits per heavy atom. The van der Waals surface area contributed by atoms with Gasteiger partial charge in [0.2, 0.25) is 0 Å². The maximum atomic E-state index is 6.10. The van der Waals surface area contributed by atoms with Crippen LogP contribution >= 0.6 is 23.2 Å². The van der Waals surface area contributed by atoms with E-state index < -0.39 is 0 Å². The first-order chi connectivity index (χ1) is 9.65. The van der Waals surface area contributed by atoms with Gasteiger partial charge in [-0.3, -0.25) is 0 Å². The van der Waals surface area contributed by atoms with Gasteiger partial charge < -0.3 is 10.2 Å². The van der Waals surface area contributed by atoms with Crippen LogP contribution in [0.25, 0.3) is 0 Å². The summed E-state index contributed by atoms with van der Waals surface area (Å²) in [6, 6.07) is 15.7. The monoisotopic (exact) mass is 308 g/mol. The Morgan fingerprint density at radius 1 is 1.00 bits per heavy atom. The lowest BCUT2D eigenvalue weighted by Gasteiger charge is -2.17. The summed E-state index contributed by atoms with van der Waals surface area (Å²) >= 11 is 12.0. The number of para-hydroxylation sites is 1. The normalized spacial score (nSPS) is 10.8. The Kier molecular flexibility index (Phi) is 5.72. The van der Waals surface area contributed by atoms with Gasteiger partial charge in [-0.05, 0) is 36.9 Å². The van der Waals surface area contributed by atoms with Gasteiger partial charge in [-0.2, -0.15) is 0 Å². The predicted octanol–water partition coefficient (Wildman–Crippen LogP) is 4.54. The molecule has 20 heavy (non-hydrogen) atoms. The van der Waals surface area contributed by atoms with Crippen molar-refractivity contribution >= 4 is 28.9 Å². The van der Waals surface area contributed by atoms with Crippen molar-refractivity contribution in [2.45, 2.75) is 6.54 Å². The van der Waals surface area contributed by atoms with Crippen LogP contribution in [0.4, 0.5) is 5.69 Å². The van der Waals surface area contributed by atoms with E-state index in [0.29, 0.717) is 0 Å². The number of benzene rings is 2. The van der Waals surface area contributed by atoms with Crippen molar-refractivity contribution in [1.82, 2.24) is 4.90 Å². The van der Waals surface area contributed by atoms with E-state index in [1.807, 2.05) is 36.4 Å². The average Bonchev–Trinajstić information content (AvgIpc) is 2.43. The third kappa shape index (κ3) is 4.71. The SMILES string of the molecule is CN(CCNc1ccccc1Cl)Cc1ccc(Cl)cc1. The quantitative estimate of drug-likeness (QED) is 0.843. The molecule has 0 amide bonds. The predicted molar refractivity (Wildman–Crippen MR) is 87.7 cm³/mol. The van der Waals surface area contributed by atoms with Crippen molar-refractivity contribution in [3.8, 4) is 0 Å². The Morgan fingerprint density at radius 3 is 2.40 bits per heavy atom. The van der Waals surface area contributed by atoms with Gasteiger partial charge in [0.05, 0.1) is 10.7 Å². The van der Waals surface area contributed by atoms with Crippen LogP contribution in [0, 0.1) is 0 Å². The molecule has 0 aromatic heterocycles. The van der Waals surface area contributed by atoms with Crippen LogP contribution in [-0.2, 0) is 6.54 Å². The molecule has 2 aromatic carbocycles. The molecule has 0 spiro atoms. The zero-order chi connectivity index (χ0) is 14.4. The molecule has 0 bridgehead atoms. The molecule has 2 nitrogen and oxygen atoms in total. The van der Waals surface area contributed by atoms with Gasteiger partial charge in [0, 0.05) is 24.7 Å². The summed E-state index contributed by atoms with van der Waals surface area (Å²) in [4.78, 5) is 2.26. The van der Waals surface area contributed by atoms with Gasteiger partial charge in [-0.1, -0.05) is 47.5 Å². The third-order valence-electron chi connectivity index (χ3n) is 3.05. The fraction of sp³-hybridized carbons (Fsp3) is 0.250. The van der Waals surface area contributed by atoms with E-state index in [-0.39, 0.29) is 0 Å². The van der Waals surface area contributed by atoms with E-state index in [0.717, 1.165) is 35.4 Å². The van der Waals surface area contributed by atoms with Gasteiger partial charge in [0.15, 0.2) is 0 Å². The zero-order valence-electron chi connectivity index (χ0n) is 11.4. The first kappa shape index (κ1) is 15.2. The largest absolute Gasteiger partial charge is 0.383 e. The Hall–Kier alpha value is -1.22. The molecule has 0 fully saturated rings. The van der Waals surface area contributed by atoms with E-state index in [9.17, 15) is 0 Å². The fourth-order valence-electron chi connectivity index (χ4n) is 1.97. The summed E-state index contributed by atoms with van der Waals surface area (Å²) in [5.41, 5.74) is 2.24. The maximum absolute atomic E-state index is 6.10. The first-order valence-electron chi connectivity index (χ1n) is 6.56. The number of rotatable bonds is 6. The molecular formula is C16H18Cl2N2. The standard InChI is InChI=1S/C16H18Cl2N2/c1-20(12-13-6-8-14(17)9-7-13)11-10-19-16-5-3-2-4-15(16)18/h2-9,19H,10-12H2,1H3. The van der Waals surface area contributed by atoms with Crippen molar-refractivity contribution in [3.63, 3.8) is 0 Å². The van der Waals surface area contributed by atoms with Crippen LogP contribution in [0.5, 0.6) is 0 Å². The number of likely N-dealkylation sites (N-methyl/N-ethyl adjacent to an activating group) is 1. The van der Waals surface area contributed by atoms with Crippen LogP contribution < -0.4 is 5.32 Å². The number of anilines is 1. The maximum Gasteiger partial charge on any atom is 0.0637 e. The number of halogens is 2. The number of hydrogen-bond acceptors (Lipinski definition) is 2. The van der Waals surface area contributed by atoms with Gasteiger partial charge >= 0.3 is 0 Å². The number of nitrogens with one attached hydrogen (secondary N) is 1. The average molecular weight is 309 g/mol. The number of hydrogen-bond donors (Lipinski definition) is 1. The molecular weight excluding hydrogens is 291 g/mol. The highest BCUT2D eigenvalue weighted by Crippen LogP contribution is 2.20. The summed E-state index contributed by atoms with van der Waals surface area (Å²) in [7, 11) is 2.10. The van der Waals surface area contributed by atoms with E-state index in [1.54, 1.807) is 0 Å². The minimum atomic E-state index is 0.757. The highest BCUT2D eigenvalue weighted by atomic mass is 35.5. The summed E-state index contributed by atoms with van der Waals surface area (Å²) in [6.07, 6.45) is 0. The summed E-state index contributed by atoms with van der Waals surface area (Å²) in [5.74, 6) is 0. The van der Waals surface area contributed by atoms with Crippen molar-refractivity contribution in [2.24, 2.45) is 0 Å².